The second-order valence-corrected chi connectivity index (χ2v) is 7.32. The molecule has 3 heterocycles. The van der Waals surface area contributed by atoms with Gasteiger partial charge in [-0.15, -0.1) is 0 Å². The van der Waals surface area contributed by atoms with Gasteiger partial charge in [-0.2, -0.15) is 13.2 Å². The van der Waals surface area contributed by atoms with E-state index in [2.05, 4.69) is 15.7 Å². The summed E-state index contributed by atoms with van der Waals surface area (Å²) in [5.74, 6) is 0.748. The maximum atomic E-state index is 13.0. The monoisotopic (exact) mass is 421 g/mol. The third-order valence-electron chi connectivity index (χ3n) is 4.98. The molecule has 152 valence electrons. The lowest BCUT2D eigenvalue weighted by molar-refractivity contribution is -0.137. The van der Waals surface area contributed by atoms with E-state index >= 15 is 0 Å². The van der Waals surface area contributed by atoms with E-state index < -0.39 is 11.7 Å². The first-order valence-corrected chi connectivity index (χ1v) is 9.41. The molecule has 0 spiro atoms. The fourth-order valence-electron chi connectivity index (χ4n) is 3.53. The van der Waals surface area contributed by atoms with Crippen molar-refractivity contribution >= 4 is 28.7 Å². The van der Waals surface area contributed by atoms with E-state index in [4.69, 9.17) is 11.6 Å². The van der Waals surface area contributed by atoms with Gasteiger partial charge in [-0.3, -0.25) is 5.01 Å². The van der Waals surface area contributed by atoms with Crippen LogP contribution in [0, 0.1) is 0 Å². The van der Waals surface area contributed by atoms with Crippen LogP contribution >= 0.6 is 11.6 Å². The molecule has 0 bridgehead atoms. The highest BCUT2D eigenvalue weighted by Gasteiger charge is 2.35. The number of halogens is 4. The summed E-state index contributed by atoms with van der Waals surface area (Å²) >= 11 is 5.92. The van der Waals surface area contributed by atoms with Crippen molar-refractivity contribution in [2.24, 2.45) is 0 Å². The standard InChI is InChI=1S/C20H19ClF3N5/c1-12-10-28(14-3-4-16(17(21)8-14)20(22,23)24)11-18-15(9-27-29(12)18)13-5-6-26-19(7-13)25-2/h3-9,11-12,27H,10H2,1-2H3,(H,25,26)/t12-/m0/s1. The summed E-state index contributed by atoms with van der Waals surface area (Å²) in [6.45, 7) is 2.64. The number of benzene rings is 1. The molecule has 0 unspecified atom stereocenters. The summed E-state index contributed by atoms with van der Waals surface area (Å²) in [4.78, 5) is 6.16. The minimum atomic E-state index is -4.47. The van der Waals surface area contributed by atoms with Crippen LogP contribution in [0.4, 0.5) is 24.7 Å². The molecule has 1 aromatic heterocycles. The predicted octanol–water partition coefficient (Wildman–Crippen LogP) is 4.71. The summed E-state index contributed by atoms with van der Waals surface area (Å²) in [7, 11) is 1.80. The Morgan fingerprint density at radius 3 is 2.72 bits per heavy atom. The van der Waals surface area contributed by atoms with Crippen LogP contribution in [0.5, 0.6) is 0 Å². The van der Waals surface area contributed by atoms with Crippen molar-refractivity contribution in [2.75, 3.05) is 23.8 Å². The largest absolute Gasteiger partial charge is 0.417 e. The van der Waals surface area contributed by atoms with Crippen molar-refractivity contribution < 1.29 is 13.2 Å². The van der Waals surface area contributed by atoms with Gasteiger partial charge in [0.2, 0.25) is 0 Å². The molecule has 1 aromatic carbocycles. The number of anilines is 2. The van der Waals surface area contributed by atoms with Gasteiger partial charge in [0.15, 0.2) is 0 Å². The highest BCUT2D eigenvalue weighted by atomic mass is 35.5. The number of hydrogen-bond donors (Lipinski definition) is 2. The lowest BCUT2D eigenvalue weighted by Gasteiger charge is -2.38. The Morgan fingerprint density at radius 1 is 1.24 bits per heavy atom. The smallest absolute Gasteiger partial charge is 0.373 e. The number of aromatic nitrogens is 1. The highest BCUT2D eigenvalue weighted by Crippen LogP contribution is 2.39. The summed E-state index contributed by atoms with van der Waals surface area (Å²) < 4.78 is 39.1. The van der Waals surface area contributed by atoms with Crippen LogP contribution in [-0.4, -0.2) is 29.6 Å². The van der Waals surface area contributed by atoms with Gasteiger partial charge in [-0.25, -0.2) is 4.98 Å². The van der Waals surface area contributed by atoms with Gasteiger partial charge in [0.1, 0.15) is 5.82 Å². The zero-order valence-corrected chi connectivity index (χ0v) is 16.5. The molecular formula is C20H19ClF3N5. The number of allylic oxidation sites excluding steroid dienone is 1. The number of alkyl halides is 3. The van der Waals surface area contributed by atoms with Gasteiger partial charge in [0, 0.05) is 43.4 Å². The lowest BCUT2D eigenvalue weighted by Crippen LogP contribution is -2.47. The summed E-state index contributed by atoms with van der Waals surface area (Å²) in [5, 5.41) is 4.75. The third kappa shape index (κ3) is 3.60. The zero-order chi connectivity index (χ0) is 20.8. The molecule has 29 heavy (non-hydrogen) atoms. The Hall–Kier alpha value is -2.87. The lowest BCUT2D eigenvalue weighted by atomic mass is 10.0. The minimum Gasteiger partial charge on any atom is -0.373 e. The van der Waals surface area contributed by atoms with Crippen molar-refractivity contribution in [3.8, 4) is 0 Å². The Labute approximate surface area is 171 Å². The highest BCUT2D eigenvalue weighted by molar-refractivity contribution is 6.31. The van der Waals surface area contributed by atoms with Crippen molar-refractivity contribution in [3.63, 3.8) is 0 Å². The molecule has 0 saturated carbocycles. The Bertz CT molecular complexity index is 1000. The first-order chi connectivity index (χ1) is 13.8. The number of hydrogen-bond acceptors (Lipinski definition) is 5. The Morgan fingerprint density at radius 2 is 2.03 bits per heavy atom. The number of fused-ring (bicyclic) bond motifs is 1. The van der Waals surface area contributed by atoms with Gasteiger partial charge in [0.05, 0.1) is 22.3 Å². The van der Waals surface area contributed by atoms with E-state index in [-0.39, 0.29) is 11.1 Å². The first-order valence-electron chi connectivity index (χ1n) is 9.03. The molecule has 2 N–H and O–H groups in total. The van der Waals surface area contributed by atoms with Crippen LogP contribution in [0.15, 0.2) is 54.6 Å². The topological polar surface area (TPSA) is 43.4 Å². The number of nitrogens with zero attached hydrogens (tertiary/aromatic N) is 3. The quantitative estimate of drug-likeness (QED) is 0.751. The average molecular weight is 422 g/mol. The first kappa shape index (κ1) is 19.4. The van der Waals surface area contributed by atoms with Crippen LogP contribution in [0.3, 0.4) is 0 Å². The Kier molecular flexibility index (Phi) is 4.82. The van der Waals surface area contributed by atoms with E-state index in [0.717, 1.165) is 28.7 Å². The van der Waals surface area contributed by atoms with Crippen LogP contribution in [0.1, 0.15) is 18.1 Å². The van der Waals surface area contributed by atoms with Gasteiger partial charge >= 0.3 is 6.18 Å². The molecule has 0 saturated heterocycles. The third-order valence-corrected chi connectivity index (χ3v) is 5.29. The number of rotatable bonds is 3. The molecule has 2 aromatic rings. The van der Waals surface area contributed by atoms with E-state index in [1.807, 2.05) is 41.4 Å². The van der Waals surface area contributed by atoms with E-state index in [1.165, 1.54) is 12.1 Å². The normalized spacial score (nSPS) is 18.8. The maximum absolute atomic E-state index is 13.0. The molecule has 2 aliphatic heterocycles. The zero-order valence-electron chi connectivity index (χ0n) is 15.8. The average Bonchev–Trinajstić information content (AvgIpc) is 3.11. The van der Waals surface area contributed by atoms with E-state index in [0.29, 0.717) is 12.2 Å². The summed E-state index contributed by atoms with van der Waals surface area (Å²) in [6.07, 6.45) is 1.09. The van der Waals surface area contributed by atoms with E-state index in [9.17, 15) is 13.2 Å². The predicted molar refractivity (Wildman–Crippen MR) is 108 cm³/mol. The van der Waals surface area contributed by atoms with Crippen molar-refractivity contribution in [1.29, 1.82) is 0 Å². The van der Waals surface area contributed by atoms with Gasteiger partial charge < -0.3 is 15.6 Å². The second kappa shape index (κ2) is 7.18. The van der Waals surface area contributed by atoms with Crippen LogP contribution in [0.25, 0.3) is 5.57 Å². The number of pyridine rings is 1. The molecule has 0 aliphatic carbocycles. The minimum absolute atomic E-state index is 0.0791. The van der Waals surface area contributed by atoms with Crippen LogP contribution in [0.2, 0.25) is 5.02 Å². The molecule has 0 amide bonds. The van der Waals surface area contributed by atoms with Crippen LogP contribution in [-0.2, 0) is 6.18 Å². The van der Waals surface area contributed by atoms with Gasteiger partial charge in [-0.05, 0) is 42.8 Å². The Balaban J connectivity index is 1.70. The number of nitrogens with one attached hydrogen (secondary N) is 2. The molecule has 0 radical (unpaired) electrons. The molecule has 5 nitrogen and oxygen atoms in total. The SMILES string of the molecule is CNc1cc(C2=CNN3C2=CN(c2ccc(C(F)(F)F)c(Cl)c2)C[C@@H]3C)ccn1. The fraction of sp³-hybridized carbons (Fsp3) is 0.250. The molecule has 4 rings (SSSR count). The molecule has 9 heteroatoms. The van der Waals surface area contributed by atoms with Crippen LogP contribution < -0.4 is 15.6 Å². The van der Waals surface area contributed by atoms with Crippen molar-refractivity contribution in [1.82, 2.24) is 15.4 Å². The molecule has 0 fully saturated rings. The fourth-order valence-corrected chi connectivity index (χ4v) is 3.81. The van der Waals surface area contributed by atoms with Crippen molar-refractivity contribution in [3.05, 3.63) is 70.8 Å². The van der Waals surface area contributed by atoms with Gasteiger partial charge in [0.25, 0.3) is 0 Å². The maximum Gasteiger partial charge on any atom is 0.417 e. The van der Waals surface area contributed by atoms with Crippen molar-refractivity contribution in [2.45, 2.75) is 19.1 Å². The molecule has 1 atom stereocenters. The summed E-state index contributed by atoms with van der Waals surface area (Å²) in [5.41, 5.74) is 5.92. The van der Waals surface area contributed by atoms with Gasteiger partial charge in [-0.1, -0.05) is 11.6 Å². The van der Waals surface area contributed by atoms with E-state index in [1.54, 1.807) is 13.2 Å². The number of hydrazine groups is 1. The molecular weight excluding hydrogens is 403 g/mol. The second-order valence-electron chi connectivity index (χ2n) is 6.91. The molecule has 2 aliphatic rings. The summed E-state index contributed by atoms with van der Waals surface area (Å²) in [6, 6.07) is 7.77.